The molecule has 0 saturated carbocycles. The molecule has 0 N–H and O–H groups in total. The van der Waals surface area contributed by atoms with Crippen molar-refractivity contribution in [2.45, 2.75) is 26.3 Å². The smallest absolute Gasteiger partial charge is 0.185 e. The zero-order valence-corrected chi connectivity index (χ0v) is 16.8. The number of piperidine rings is 1. The number of nitrogens with zero attached hydrogens (tertiary/aromatic N) is 3. The molecule has 7 heteroatoms. The van der Waals surface area contributed by atoms with Crippen molar-refractivity contribution in [2.24, 2.45) is 5.92 Å². The van der Waals surface area contributed by atoms with Crippen molar-refractivity contribution in [3.8, 4) is 0 Å². The van der Waals surface area contributed by atoms with Crippen LogP contribution in [-0.2, 0) is 11.3 Å². The highest BCUT2D eigenvalue weighted by atomic mass is 32.1. The summed E-state index contributed by atoms with van der Waals surface area (Å²) in [7, 11) is 0. The van der Waals surface area contributed by atoms with Crippen molar-refractivity contribution in [2.75, 3.05) is 44.3 Å². The van der Waals surface area contributed by atoms with Gasteiger partial charge in [-0.05, 0) is 43.3 Å². The van der Waals surface area contributed by atoms with Gasteiger partial charge in [0.15, 0.2) is 10.9 Å². The number of ketones is 1. The molecule has 2 aromatic rings. The third-order valence-electron chi connectivity index (χ3n) is 5.16. The molecule has 1 atom stereocenters. The minimum Gasteiger partial charge on any atom is -0.378 e. The molecule has 2 aromatic heterocycles. The van der Waals surface area contributed by atoms with Crippen LogP contribution in [0.1, 0.15) is 33.0 Å². The first kappa shape index (κ1) is 18.1. The lowest BCUT2D eigenvalue weighted by molar-refractivity contribution is 0.0816. The molecule has 140 valence electrons. The number of thiophene rings is 1. The van der Waals surface area contributed by atoms with Crippen molar-refractivity contribution in [3.05, 3.63) is 33.0 Å². The third-order valence-corrected chi connectivity index (χ3v) is 7.24. The number of ether oxygens (including phenoxy) is 1. The van der Waals surface area contributed by atoms with Crippen LogP contribution in [-0.4, -0.2) is 55.1 Å². The molecule has 2 aliphatic rings. The van der Waals surface area contributed by atoms with E-state index in [-0.39, 0.29) is 5.92 Å². The maximum absolute atomic E-state index is 12.8. The summed E-state index contributed by atoms with van der Waals surface area (Å²) in [6.07, 6.45) is 4.11. The summed E-state index contributed by atoms with van der Waals surface area (Å²) in [5, 5.41) is 3.12. The number of likely N-dealkylation sites (tertiary alicyclic amines) is 1. The molecular formula is C19H25N3O2S2. The molecule has 0 radical (unpaired) electrons. The first-order chi connectivity index (χ1) is 12.7. The minimum atomic E-state index is 0.132. The van der Waals surface area contributed by atoms with Crippen LogP contribution in [0.3, 0.4) is 0 Å². The van der Waals surface area contributed by atoms with Crippen LogP contribution in [0.15, 0.2) is 17.6 Å². The van der Waals surface area contributed by atoms with Crippen molar-refractivity contribution in [3.63, 3.8) is 0 Å². The van der Waals surface area contributed by atoms with Gasteiger partial charge in [0, 0.05) is 43.2 Å². The number of aromatic nitrogens is 1. The van der Waals surface area contributed by atoms with E-state index < -0.39 is 0 Å². The molecule has 0 bridgehead atoms. The topological polar surface area (TPSA) is 45.7 Å². The predicted octanol–water partition coefficient (Wildman–Crippen LogP) is 3.44. The van der Waals surface area contributed by atoms with Gasteiger partial charge in [0.1, 0.15) is 0 Å². The molecule has 2 fully saturated rings. The molecule has 0 unspecified atom stereocenters. The molecule has 2 saturated heterocycles. The van der Waals surface area contributed by atoms with Crippen LogP contribution in [0.2, 0.25) is 0 Å². The summed E-state index contributed by atoms with van der Waals surface area (Å²) in [6.45, 7) is 8.28. The molecule has 0 aromatic carbocycles. The minimum absolute atomic E-state index is 0.132. The Morgan fingerprint density at radius 1 is 1.35 bits per heavy atom. The normalized spacial score (nSPS) is 21.9. The van der Waals surface area contributed by atoms with Gasteiger partial charge >= 0.3 is 0 Å². The number of morpholine rings is 1. The fraction of sp³-hybridized carbons (Fsp3) is 0.579. The summed E-state index contributed by atoms with van der Waals surface area (Å²) < 4.78 is 5.42. The third kappa shape index (κ3) is 4.01. The van der Waals surface area contributed by atoms with Gasteiger partial charge in [-0.1, -0.05) is 0 Å². The van der Waals surface area contributed by atoms with Crippen molar-refractivity contribution < 1.29 is 9.53 Å². The number of anilines is 1. The van der Waals surface area contributed by atoms with E-state index in [1.54, 1.807) is 22.7 Å². The number of hydrogen-bond acceptors (Lipinski definition) is 7. The largest absolute Gasteiger partial charge is 0.378 e. The van der Waals surface area contributed by atoms with Crippen LogP contribution in [0.5, 0.6) is 0 Å². The Morgan fingerprint density at radius 2 is 2.19 bits per heavy atom. The van der Waals surface area contributed by atoms with Gasteiger partial charge in [0.2, 0.25) is 0 Å². The number of hydrogen-bond donors (Lipinski definition) is 0. The van der Waals surface area contributed by atoms with Gasteiger partial charge < -0.3 is 9.64 Å². The first-order valence-corrected chi connectivity index (χ1v) is 11.0. The molecule has 4 heterocycles. The lowest BCUT2D eigenvalue weighted by atomic mass is 9.92. The Hall–Kier alpha value is -1.28. The highest BCUT2D eigenvalue weighted by molar-refractivity contribution is 7.15. The molecule has 26 heavy (non-hydrogen) atoms. The molecule has 0 spiro atoms. The Bertz CT molecular complexity index is 752. The second-order valence-corrected chi connectivity index (χ2v) is 9.09. The van der Waals surface area contributed by atoms with Gasteiger partial charge in [-0.15, -0.1) is 22.7 Å². The quantitative estimate of drug-likeness (QED) is 0.731. The lowest BCUT2D eigenvalue weighted by Crippen LogP contribution is -2.38. The Balaban J connectivity index is 1.37. The molecule has 2 aliphatic heterocycles. The fourth-order valence-corrected chi connectivity index (χ4v) is 5.66. The molecule has 0 amide bonds. The predicted molar refractivity (Wildman–Crippen MR) is 107 cm³/mol. The lowest BCUT2D eigenvalue weighted by Gasteiger charge is -2.31. The number of rotatable bonds is 5. The Labute approximate surface area is 162 Å². The summed E-state index contributed by atoms with van der Waals surface area (Å²) in [5.74, 6) is 0.466. The summed E-state index contributed by atoms with van der Waals surface area (Å²) in [5.41, 5.74) is 1.12. The van der Waals surface area contributed by atoms with Crippen molar-refractivity contribution in [1.29, 1.82) is 0 Å². The SMILES string of the molecule is Cc1ccsc1C(=O)[C@H]1CCCN(Cc2cnc(N3CCOCC3)s2)C1. The number of aryl methyl sites for hydroxylation is 1. The van der Waals surface area contributed by atoms with Crippen LogP contribution in [0.25, 0.3) is 0 Å². The van der Waals surface area contributed by atoms with Crippen molar-refractivity contribution in [1.82, 2.24) is 9.88 Å². The highest BCUT2D eigenvalue weighted by Crippen LogP contribution is 2.28. The van der Waals surface area contributed by atoms with E-state index in [0.717, 1.165) is 74.4 Å². The average Bonchev–Trinajstić information content (AvgIpc) is 3.31. The zero-order chi connectivity index (χ0) is 17.9. The first-order valence-electron chi connectivity index (χ1n) is 9.29. The standard InChI is InChI=1S/C19H25N3O2S2/c1-14-4-10-25-18(14)17(23)15-3-2-5-21(12-15)13-16-11-20-19(26-16)22-6-8-24-9-7-22/h4,10-11,15H,2-3,5-9,12-13H2,1H3/t15-/m0/s1. The zero-order valence-electron chi connectivity index (χ0n) is 15.1. The highest BCUT2D eigenvalue weighted by Gasteiger charge is 2.28. The van der Waals surface area contributed by atoms with Crippen LogP contribution >= 0.6 is 22.7 Å². The van der Waals surface area contributed by atoms with E-state index >= 15 is 0 Å². The van der Waals surface area contributed by atoms with Crippen LogP contribution in [0.4, 0.5) is 5.13 Å². The maximum atomic E-state index is 12.8. The van der Waals surface area contributed by atoms with Crippen LogP contribution < -0.4 is 4.90 Å². The number of Topliss-reactive ketones (excluding diaryl/α,β-unsaturated/α-hetero) is 1. The molecular weight excluding hydrogens is 366 g/mol. The Morgan fingerprint density at radius 3 is 2.96 bits per heavy atom. The van der Waals surface area contributed by atoms with E-state index in [4.69, 9.17) is 4.74 Å². The number of thiazole rings is 1. The van der Waals surface area contributed by atoms with Crippen LogP contribution in [0, 0.1) is 12.8 Å². The van der Waals surface area contributed by atoms with E-state index in [0.29, 0.717) is 5.78 Å². The average molecular weight is 392 g/mol. The molecule has 5 nitrogen and oxygen atoms in total. The fourth-order valence-electron chi connectivity index (χ4n) is 3.72. The van der Waals surface area contributed by atoms with Gasteiger partial charge in [-0.25, -0.2) is 4.98 Å². The van der Waals surface area contributed by atoms with Crippen molar-refractivity contribution >= 4 is 33.6 Å². The summed E-state index contributed by atoms with van der Waals surface area (Å²) in [6, 6.07) is 2.04. The van der Waals surface area contributed by atoms with Gasteiger partial charge in [0.25, 0.3) is 0 Å². The van der Waals surface area contributed by atoms with Gasteiger partial charge in [0.05, 0.1) is 18.1 Å². The van der Waals surface area contributed by atoms with Gasteiger partial charge in [-0.2, -0.15) is 0 Å². The maximum Gasteiger partial charge on any atom is 0.185 e. The summed E-state index contributed by atoms with van der Waals surface area (Å²) in [4.78, 5) is 24.4. The summed E-state index contributed by atoms with van der Waals surface area (Å²) >= 11 is 3.36. The van der Waals surface area contributed by atoms with Gasteiger partial charge in [-0.3, -0.25) is 9.69 Å². The second-order valence-electron chi connectivity index (χ2n) is 7.08. The van der Waals surface area contributed by atoms with E-state index in [1.807, 2.05) is 24.6 Å². The van der Waals surface area contributed by atoms with E-state index in [9.17, 15) is 4.79 Å². The second kappa shape index (κ2) is 8.17. The van der Waals surface area contributed by atoms with E-state index in [1.165, 1.54) is 4.88 Å². The van der Waals surface area contributed by atoms with E-state index in [2.05, 4.69) is 14.8 Å². The molecule has 4 rings (SSSR count). The number of carbonyl (C=O) groups excluding carboxylic acids is 1. The number of carbonyl (C=O) groups is 1. The monoisotopic (exact) mass is 391 g/mol. The molecule has 0 aliphatic carbocycles. The Kier molecular flexibility index (Phi) is 5.69.